The molecule has 2 N–H and O–H groups in total. The van der Waals surface area contributed by atoms with Crippen LogP contribution in [0.2, 0.25) is 0 Å². The van der Waals surface area contributed by atoms with E-state index >= 15 is 0 Å². The van der Waals surface area contributed by atoms with E-state index in [1.807, 2.05) is 6.07 Å². The lowest BCUT2D eigenvalue weighted by molar-refractivity contribution is 0.459. The fourth-order valence-electron chi connectivity index (χ4n) is 1.83. The van der Waals surface area contributed by atoms with Gasteiger partial charge < -0.3 is 10.3 Å². The lowest BCUT2D eigenvalue weighted by atomic mass is 9.91. The SMILES string of the molecule is S=c1ccc(C2CCNCC2)c[nH]1. The second-order valence-electron chi connectivity index (χ2n) is 3.51. The molecule has 1 aliphatic heterocycles. The van der Waals surface area contributed by atoms with Gasteiger partial charge in [0, 0.05) is 6.20 Å². The van der Waals surface area contributed by atoms with E-state index < -0.39 is 0 Å². The van der Waals surface area contributed by atoms with Gasteiger partial charge in [0.2, 0.25) is 0 Å². The Morgan fingerprint density at radius 1 is 1.23 bits per heavy atom. The van der Waals surface area contributed by atoms with Crippen molar-refractivity contribution in [3.63, 3.8) is 0 Å². The van der Waals surface area contributed by atoms with Crippen LogP contribution in [0.25, 0.3) is 0 Å². The highest BCUT2D eigenvalue weighted by Crippen LogP contribution is 2.23. The van der Waals surface area contributed by atoms with E-state index in [0.29, 0.717) is 5.92 Å². The van der Waals surface area contributed by atoms with Gasteiger partial charge in [0.1, 0.15) is 4.64 Å². The zero-order valence-corrected chi connectivity index (χ0v) is 8.36. The van der Waals surface area contributed by atoms with Gasteiger partial charge in [-0.25, -0.2) is 0 Å². The first kappa shape index (κ1) is 8.91. The van der Waals surface area contributed by atoms with Crippen LogP contribution in [0.5, 0.6) is 0 Å². The summed E-state index contributed by atoms with van der Waals surface area (Å²) in [4.78, 5) is 3.09. The molecule has 1 aliphatic rings. The van der Waals surface area contributed by atoms with E-state index in [0.717, 1.165) is 17.7 Å². The van der Waals surface area contributed by atoms with Crippen molar-refractivity contribution in [2.45, 2.75) is 18.8 Å². The van der Waals surface area contributed by atoms with Gasteiger partial charge in [0.25, 0.3) is 0 Å². The molecule has 2 rings (SSSR count). The monoisotopic (exact) mass is 194 g/mol. The number of piperidine rings is 1. The van der Waals surface area contributed by atoms with Crippen LogP contribution in [0, 0.1) is 4.64 Å². The zero-order valence-electron chi connectivity index (χ0n) is 7.55. The van der Waals surface area contributed by atoms with E-state index in [1.54, 1.807) is 0 Å². The van der Waals surface area contributed by atoms with E-state index in [9.17, 15) is 0 Å². The number of H-pyrrole nitrogens is 1. The van der Waals surface area contributed by atoms with Gasteiger partial charge >= 0.3 is 0 Å². The summed E-state index contributed by atoms with van der Waals surface area (Å²) in [5.41, 5.74) is 1.40. The molecule has 0 radical (unpaired) electrons. The number of pyridine rings is 1. The van der Waals surface area contributed by atoms with Gasteiger partial charge in [-0.3, -0.25) is 0 Å². The molecule has 1 aromatic heterocycles. The Bertz CT molecular complexity index is 305. The molecule has 1 saturated heterocycles. The number of rotatable bonds is 1. The molecule has 2 nitrogen and oxygen atoms in total. The summed E-state index contributed by atoms with van der Waals surface area (Å²) in [7, 11) is 0. The fraction of sp³-hybridized carbons (Fsp3) is 0.500. The Hall–Kier alpha value is -0.670. The van der Waals surface area contributed by atoms with Crippen molar-refractivity contribution in [1.82, 2.24) is 10.3 Å². The first-order valence-electron chi connectivity index (χ1n) is 4.75. The van der Waals surface area contributed by atoms with Crippen molar-refractivity contribution >= 4 is 12.2 Å². The van der Waals surface area contributed by atoms with Gasteiger partial charge in [-0.05, 0) is 43.5 Å². The second kappa shape index (κ2) is 4.03. The van der Waals surface area contributed by atoms with E-state index in [4.69, 9.17) is 12.2 Å². The van der Waals surface area contributed by atoms with E-state index in [1.165, 1.54) is 18.4 Å². The molecule has 0 aliphatic carbocycles. The molecule has 70 valence electrons. The summed E-state index contributed by atoms with van der Waals surface area (Å²) >= 11 is 5.01. The Labute approximate surface area is 83.4 Å². The molecule has 0 atom stereocenters. The minimum atomic E-state index is 0.716. The molecule has 13 heavy (non-hydrogen) atoms. The number of aromatic amines is 1. The normalized spacial score (nSPS) is 18.8. The van der Waals surface area contributed by atoms with Crippen molar-refractivity contribution in [3.8, 4) is 0 Å². The lowest BCUT2D eigenvalue weighted by Gasteiger charge is -2.22. The minimum absolute atomic E-state index is 0.716. The molecule has 0 amide bonds. The Morgan fingerprint density at radius 3 is 2.62 bits per heavy atom. The van der Waals surface area contributed by atoms with Crippen LogP contribution in [-0.2, 0) is 0 Å². The van der Waals surface area contributed by atoms with Crippen molar-refractivity contribution in [1.29, 1.82) is 0 Å². The average Bonchev–Trinajstić information content (AvgIpc) is 2.20. The molecular formula is C10H14N2S. The predicted octanol–water partition coefficient (Wildman–Crippen LogP) is 2.21. The highest BCUT2D eigenvalue weighted by Gasteiger charge is 2.14. The third-order valence-corrected chi connectivity index (χ3v) is 2.87. The number of hydrogen-bond acceptors (Lipinski definition) is 2. The molecule has 3 heteroatoms. The van der Waals surface area contributed by atoms with Gasteiger partial charge in [0.05, 0.1) is 0 Å². The zero-order chi connectivity index (χ0) is 9.10. The highest BCUT2D eigenvalue weighted by molar-refractivity contribution is 7.71. The minimum Gasteiger partial charge on any atom is -0.353 e. The lowest BCUT2D eigenvalue weighted by Crippen LogP contribution is -2.26. The Morgan fingerprint density at radius 2 is 2.00 bits per heavy atom. The molecule has 0 saturated carbocycles. The molecule has 0 bridgehead atoms. The maximum Gasteiger partial charge on any atom is 0.103 e. The van der Waals surface area contributed by atoms with Crippen LogP contribution in [0.15, 0.2) is 18.3 Å². The first-order valence-corrected chi connectivity index (χ1v) is 5.16. The summed E-state index contributed by atoms with van der Waals surface area (Å²) in [6.45, 7) is 2.28. The van der Waals surface area contributed by atoms with Crippen molar-refractivity contribution in [3.05, 3.63) is 28.5 Å². The third kappa shape index (κ3) is 2.17. The van der Waals surface area contributed by atoms with Crippen LogP contribution in [-0.4, -0.2) is 18.1 Å². The highest BCUT2D eigenvalue weighted by atomic mass is 32.1. The van der Waals surface area contributed by atoms with E-state index in [2.05, 4.69) is 22.6 Å². The molecule has 0 unspecified atom stereocenters. The van der Waals surface area contributed by atoms with Crippen LogP contribution in [0.1, 0.15) is 24.3 Å². The van der Waals surface area contributed by atoms with Gasteiger partial charge in [-0.15, -0.1) is 0 Å². The predicted molar refractivity (Wildman–Crippen MR) is 56.5 cm³/mol. The quantitative estimate of drug-likeness (QED) is 0.671. The summed E-state index contributed by atoms with van der Waals surface area (Å²) in [5.74, 6) is 0.716. The summed E-state index contributed by atoms with van der Waals surface area (Å²) in [6, 6.07) is 4.13. The topological polar surface area (TPSA) is 27.8 Å². The van der Waals surface area contributed by atoms with Gasteiger partial charge in [-0.1, -0.05) is 18.3 Å². The molecule has 0 spiro atoms. The van der Waals surface area contributed by atoms with Crippen molar-refractivity contribution in [2.24, 2.45) is 0 Å². The van der Waals surface area contributed by atoms with Gasteiger partial charge in [0.15, 0.2) is 0 Å². The molecular weight excluding hydrogens is 180 g/mol. The van der Waals surface area contributed by atoms with Crippen LogP contribution < -0.4 is 5.32 Å². The maximum atomic E-state index is 5.01. The molecule has 1 aromatic rings. The second-order valence-corrected chi connectivity index (χ2v) is 3.95. The molecule has 0 aromatic carbocycles. The van der Waals surface area contributed by atoms with Crippen LogP contribution in [0.4, 0.5) is 0 Å². The van der Waals surface area contributed by atoms with E-state index in [-0.39, 0.29) is 0 Å². The summed E-state index contributed by atoms with van der Waals surface area (Å²) in [5, 5.41) is 3.37. The Balaban J connectivity index is 2.14. The van der Waals surface area contributed by atoms with Crippen molar-refractivity contribution in [2.75, 3.05) is 13.1 Å². The first-order chi connectivity index (χ1) is 6.36. The number of aromatic nitrogens is 1. The standard InChI is InChI=1S/C10H14N2S/c13-10-2-1-9(7-12-10)8-3-5-11-6-4-8/h1-2,7-8,11H,3-6H2,(H,12,13). The summed E-state index contributed by atoms with van der Waals surface area (Å²) < 4.78 is 0.817. The number of hydrogen-bond donors (Lipinski definition) is 2. The van der Waals surface area contributed by atoms with Gasteiger partial charge in [-0.2, -0.15) is 0 Å². The van der Waals surface area contributed by atoms with Crippen molar-refractivity contribution < 1.29 is 0 Å². The van der Waals surface area contributed by atoms with Crippen LogP contribution in [0.3, 0.4) is 0 Å². The number of nitrogens with one attached hydrogen (secondary N) is 2. The fourth-order valence-corrected chi connectivity index (χ4v) is 1.96. The summed E-state index contributed by atoms with van der Waals surface area (Å²) in [6.07, 6.45) is 4.54. The average molecular weight is 194 g/mol. The smallest absolute Gasteiger partial charge is 0.103 e. The maximum absolute atomic E-state index is 5.01. The molecule has 2 heterocycles. The van der Waals surface area contributed by atoms with Crippen LogP contribution >= 0.6 is 12.2 Å². The molecule has 1 fully saturated rings. The third-order valence-electron chi connectivity index (χ3n) is 2.62. The largest absolute Gasteiger partial charge is 0.353 e. The Kier molecular flexibility index (Phi) is 2.76.